The molecule has 1 aromatic rings. The van der Waals surface area contributed by atoms with Crippen molar-refractivity contribution < 1.29 is 9.53 Å². The van der Waals surface area contributed by atoms with Crippen molar-refractivity contribution in [2.75, 3.05) is 13.7 Å². The van der Waals surface area contributed by atoms with E-state index in [1.165, 1.54) is 11.3 Å². The smallest absolute Gasteiger partial charge is 0.226 e. The Labute approximate surface area is 104 Å². The lowest BCUT2D eigenvalue weighted by molar-refractivity contribution is -0.120. The zero-order valence-electron chi connectivity index (χ0n) is 9.33. The lowest BCUT2D eigenvalue weighted by Crippen LogP contribution is -2.32. The Morgan fingerprint density at radius 2 is 2.50 bits per heavy atom. The van der Waals surface area contributed by atoms with Crippen LogP contribution in [0.2, 0.25) is 0 Å². The highest BCUT2D eigenvalue weighted by Crippen LogP contribution is 2.11. The normalized spacial score (nSPS) is 12.4. The number of methoxy groups -OCH3 is 1. The van der Waals surface area contributed by atoms with Gasteiger partial charge >= 0.3 is 0 Å². The van der Waals surface area contributed by atoms with Crippen LogP contribution in [-0.2, 0) is 21.8 Å². The van der Waals surface area contributed by atoms with Gasteiger partial charge in [0.05, 0.1) is 24.1 Å². The first-order valence-corrected chi connectivity index (χ1v) is 6.36. The fraction of sp³-hybridized carbons (Fsp3) is 0.600. The Kier molecular flexibility index (Phi) is 5.73. The summed E-state index contributed by atoms with van der Waals surface area (Å²) in [7, 11) is 1.62. The quantitative estimate of drug-likeness (QED) is 0.792. The minimum Gasteiger partial charge on any atom is -0.380 e. The SMILES string of the molecule is COC(C)CNC(=O)Cc1nc(CCl)cs1. The second-order valence-corrected chi connectivity index (χ2v) is 4.60. The average molecular weight is 263 g/mol. The van der Waals surface area contributed by atoms with Gasteiger partial charge in [0, 0.05) is 19.0 Å². The van der Waals surface area contributed by atoms with Crippen molar-refractivity contribution in [1.29, 1.82) is 0 Å². The van der Waals surface area contributed by atoms with Gasteiger partial charge in [0.25, 0.3) is 0 Å². The number of alkyl halides is 1. The molecular formula is C10H15ClN2O2S. The topological polar surface area (TPSA) is 51.2 Å². The van der Waals surface area contributed by atoms with Gasteiger partial charge < -0.3 is 10.1 Å². The Morgan fingerprint density at radius 3 is 3.06 bits per heavy atom. The number of amides is 1. The third-order valence-corrected chi connectivity index (χ3v) is 3.21. The van der Waals surface area contributed by atoms with Gasteiger partial charge in [0.15, 0.2) is 0 Å². The minimum absolute atomic E-state index is 0.0265. The molecule has 1 heterocycles. The summed E-state index contributed by atoms with van der Waals surface area (Å²) in [6, 6.07) is 0. The zero-order chi connectivity index (χ0) is 12.0. The van der Waals surface area contributed by atoms with Crippen molar-refractivity contribution in [3.05, 3.63) is 16.1 Å². The largest absolute Gasteiger partial charge is 0.380 e. The van der Waals surface area contributed by atoms with Gasteiger partial charge in [-0.05, 0) is 6.92 Å². The van der Waals surface area contributed by atoms with Crippen LogP contribution in [0.1, 0.15) is 17.6 Å². The van der Waals surface area contributed by atoms with Crippen LogP contribution in [0, 0.1) is 0 Å². The Morgan fingerprint density at radius 1 is 1.75 bits per heavy atom. The first-order chi connectivity index (χ1) is 7.65. The van der Waals surface area contributed by atoms with E-state index in [0.717, 1.165) is 10.7 Å². The molecule has 1 unspecified atom stereocenters. The van der Waals surface area contributed by atoms with Gasteiger partial charge in [-0.15, -0.1) is 22.9 Å². The maximum absolute atomic E-state index is 11.5. The molecule has 0 aliphatic heterocycles. The maximum Gasteiger partial charge on any atom is 0.226 e. The molecule has 0 saturated heterocycles. The van der Waals surface area contributed by atoms with Crippen molar-refractivity contribution in [2.24, 2.45) is 0 Å². The number of carbonyl (C=O) groups excluding carboxylic acids is 1. The van der Waals surface area contributed by atoms with Crippen molar-refractivity contribution in [3.8, 4) is 0 Å². The number of ether oxygens (including phenoxy) is 1. The molecule has 1 rings (SSSR count). The van der Waals surface area contributed by atoms with Gasteiger partial charge in [-0.2, -0.15) is 0 Å². The van der Waals surface area contributed by atoms with Gasteiger partial charge in [-0.1, -0.05) is 0 Å². The molecular weight excluding hydrogens is 248 g/mol. The number of nitrogens with one attached hydrogen (secondary N) is 1. The molecule has 0 aliphatic rings. The van der Waals surface area contributed by atoms with E-state index in [4.69, 9.17) is 16.3 Å². The Hall–Kier alpha value is -0.650. The second-order valence-electron chi connectivity index (χ2n) is 3.39. The van der Waals surface area contributed by atoms with E-state index in [-0.39, 0.29) is 12.0 Å². The third kappa shape index (κ3) is 4.47. The predicted molar refractivity (Wildman–Crippen MR) is 64.9 cm³/mol. The molecule has 0 fully saturated rings. The summed E-state index contributed by atoms with van der Waals surface area (Å²) in [5.74, 6) is 0.345. The number of aromatic nitrogens is 1. The predicted octanol–water partition coefficient (Wildman–Crippen LogP) is 1.58. The first kappa shape index (κ1) is 13.4. The van der Waals surface area contributed by atoms with Gasteiger partial charge in [-0.25, -0.2) is 4.98 Å². The molecule has 16 heavy (non-hydrogen) atoms. The molecule has 0 aromatic carbocycles. The van der Waals surface area contributed by atoms with Crippen molar-refractivity contribution in [2.45, 2.75) is 25.3 Å². The monoisotopic (exact) mass is 262 g/mol. The average Bonchev–Trinajstić information content (AvgIpc) is 2.73. The second kappa shape index (κ2) is 6.83. The van der Waals surface area contributed by atoms with Crippen molar-refractivity contribution in [1.82, 2.24) is 10.3 Å². The molecule has 0 radical (unpaired) electrons. The standard InChI is InChI=1S/C10H15ClN2O2S/c1-7(15-2)5-12-9(14)3-10-13-8(4-11)6-16-10/h6-7H,3-5H2,1-2H3,(H,12,14). The van der Waals surface area contributed by atoms with Gasteiger partial charge in [-0.3, -0.25) is 4.79 Å². The number of hydrogen-bond donors (Lipinski definition) is 1. The highest BCUT2D eigenvalue weighted by molar-refractivity contribution is 7.09. The molecule has 0 bridgehead atoms. The van der Waals surface area contributed by atoms with Crippen LogP contribution in [-0.4, -0.2) is 30.6 Å². The molecule has 6 heteroatoms. The van der Waals surface area contributed by atoms with Crippen molar-refractivity contribution >= 4 is 28.8 Å². The molecule has 90 valence electrons. The van der Waals surface area contributed by atoms with Crippen LogP contribution < -0.4 is 5.32 Å². The highest BCUT2D eigenvalue weighted by atomic mass is 35.5. The van der Waals surface area contributed by atoms with Crippen LogP contribution in [0.15, 0.2) is 5.38 Å². The fourth-order valence-corrected chi connectivity index (χ4v) is 2.05. The lowest BCUT2D eigenvalue weighted by atomic mass is 10.3. The molecule has 0 saturated carbocycles. The molecule has 0 spiro atoms. The number of nitrogens with zero attached hydrogens (tertiary/aromatic N) is 1. The number of halogens is 1. The summed E-state index contributed by atoms with van der Waals surface area (Å²) in [6.07, 6.45) is 0.330. The number of rotatable bonds is 6. The van der Waals surface area contributed by atoms with E-state index in [2.05, 4.69) is 10.3 Å². The lowest BCUT2D eigenvalue weighted by Gasteiger charge is -2.09. The minimum atomic E-state index is -0.0422. The van der Waals surface area contributed by atoms with E-state index in [1.54, 1.807) is 7.11 Å². The maximum atomic E-state index is 11.5. The fourth-order valence-electron chi connectivity index (χ4n) is 1.03. The van der Waals surface area contributed by atoms with E-state index in [9.17, 15) is 4.79 Å². The van der Waals surface area contributed by atoms with Crippen LogP contribution in [0.5, 0.6) is 0 Å². The van der Waals surface area contributed by atoms with Gasteiger partial charge in [0.2, 0.25) is 5.91 Å². The summed E-state index contributed by atoms with van der Waals surface area (Å²) in [6.45, 7) is 2.42. The van der Waals surface area contributed by atoms with E-state index < -0.39 is 0 Å². The summed E-state index contributed by atoms with van der Waals surface area (Å²) in [4.78, 5) is 15.7. The summed E-state index contributed by atoms with van der Waals surface area (Å²) < 4.78 is 5.03. The van der Waals surface area contributed by atoms with E-state index >= 15 is 0 Å². The third-order valence-electron chi connectivity index (χ3n) is 2.04. The Bertz CT molecular complexity index is 343. The molecule has 1 aromatic heterocycles. The summed E-state index contributed by atoms with van der Waals surface area (Å²) in [5.41, 5.74) is 0.819. The summed E-state index contributed by atoms with van der Waals surface area (Å²) in [5, 5.41) is 5.44. The molecule has 1 atom stereocenters. The van der Waals surface area contributed by atoms with Crippen LogP contribution in [0.3, 0.4) is 0 Å². The van der Waals surface area contributed by atoms with Crippen LogP contribution in [0.4, 0.5) is 0 Å². The zero-order valence-corrected chi connectivity index (χ0v) is 10.9. The summed E-state index contributed by atoms with van der Waals surface area (Å²) >= 11 is 7.08. The van der Waals surface area contributed by atoms with E-state index in [1.807, 2.05) is 12.3 Å². The van der Waals surface area contributed by atoms with Gasteiger partial charge in [0.1, 0.15) is 5.01 Å². The molecule has 4 nitrogen and oxygen atoms in total. The number of hydrogen-bond acceptors (Lipinski definition) is 4. The Balaban J connectivity index is 2.33. The van der Waals surface area contributed by atoms with Crippen LogP contribution >= 0.6 is 22.9 Å². The molecule has 1 amide bonds. The van der Waals surface area contributed by atoms with Crippen LogP contribution in [0.25, 0.3) is 0 Å². The molecule has 1 N–H and O–H groups in total. The number of thiazole rings is 1. The van der Waals surface area contributed by atoms with E-state index in [0.29, 0.717) is 18.8 Å². The highest BCUT2D eigenvalue weighted by Gasteiger charge is 2.08. The van der Waals surface area contributed by atoms with Crippen molar-refractivity contribution in [3.63, 3.8) is 0 Å². The first-order valence-electron chi connectivity index (χ1n) is 4.94. The number of carbonyl (C=O) groups is 1. The molecule has 0 aliphatic carbocycles.